The third-order valence-electron chi connectivity index (χ3n) is 0.865. The molecule has 0 aliphatic heterocycles. The third kappa shape index (κ3) is 1.12. The van der Waals surface area contributed by atoms with E-state index in [0.717, 1.165) is 0 Å². The van der Waals surface area contributed by atoms with Crippen molar-refractivity contribution < 1.29 is 4.39 Å². The van der Waals surface area contributed by atoms with Crippen LogP contribution in [0.5, 0.6) is 0 Å². The normalized spacial score (nSPS) is 9.90. The average molecular weight is 182 g/mol. The lowest BCUT2D eigenvalue weighted by Crippen LogP contribution is -1.97. The van der Waals surface area contributed by atoms with E-state index in [2.05, 4.69) is 10.2 Å². The monoisotopic (exact) mass is 181 g/mol. The molecular formula is C4H2Cl2FN3. The molecule has 1 aromatic rings. The summed E-state index contributed by atoms with van der Waals surface area (Å²) in [4.78, 5) is 0. The van der Waals surface area contributed by atoms with Crippen molar-refractivity contribution in [2.24, 2.45) is 0 Å². The summed E-state index contributed by atoms with van der Waals surface area (Å²) in [5.41, 5.74) is 4.81. The quantitative estimate of drug-likeness (QED) is 0.661. The molecule has 0 fully saturated rings. The first-order valence-corrected chi connectivity index (χ1v) is 3.01. The maximum Gasteiger partial charge on any atom is 0.189 e. The topological polar surface area (TPSA) is 51.8 Å². The van der Waals surface area contributed by atoms with E-state index in [-0.39, 0.29) is 16.0 Å². The van der Waals surface area contributed by atoms with Gasteiger partial charge in [0, 0.05) is 0 Å². The molecule has 10 heavy (non-hydrogen) atoms. The Morgan fingerprint density at radius 2 is 1.70 bits per heavy atom. The van der Waals surface area contributed by atoms with E-state index >= 15 is 0 Å². The lowest BCUT2D eigenvalue weighted by Gasteiger charge is -1.96. The number of hydrogen-bond donors (Lipinski definition) is 1. The van der Waals surface area contributed by atoms with Gasteiger partial charge in [-0.25, -0.2) is 4.39 Å². The first-order valence-electron chi connectivity index (χ1n) is 2.25. The van der Waals surface area contributed by atoms with Crippen LogP contribution >= 0.6 is 23.2 Å². The zero-order valence-corrected chi connectivity index (χ0v) is 6.12. The van der Waals surface area contributed by atoms with Crippen LogP contribution in [0, 0.1) is 5.82 Å². The van der Waals surface area contributed by atoms with Gasteiger partial charge in [-0.1, -0.05) is 23.2 Å². The van der Waals surface area contributed by atoms with Crippen LogP contribution in [-0.2, 0) is 0 Å². The standard InChI is InChI=1S/C4H2Cl2FN3/c5-3-1(7)2(8)4(6)10-9-3/h(H2,8,9). The molecule has 1 heterocycles. The molecule has 0 saturated heterocycles. The maximum absolute atomic E-state index is 12.5. The van der Waals surface area contributed by atoms with Gasteiger partial charge in [-0.3, -0.25) is 0 Å². The molecular weight excluding hydrogens is 180 g/mol. The van der Waals surface area contributed by atoms with Crippen LogP contribution in [0.15, 0.2) is 0 Å². The summed E-state index contributed by atoms with van der Waals surface area (Å²) in [5.74, 6) is -0.832. The molecule has 3 nitrogen and oxygen atoms in total. The van der Waals surface area contributed by atoms with Gasteiger partial charge in [0.2, 0.25) is 0 Å². The minimum absolute atomic E-state index is 0.179. The van der Waals surface area contributed by atoms with Gasteiger partial charge < -0.3 is 5.73 Å². The molecule has 1 aromatic heterocycles. The lowest BCUT2D eigenvalue weighted by molar-refractivity contribution is 0.621. The fourth-order valence-electron chi connectivity index (χ4n) is 0.387. The Balaban J connectivity index is 3.34. The van der Waals surface area contributed by atoms with E-state index in [0.29, 0.717) is 0 Å². The average Bonchev–Trinajstić information content (AvgIpc) is 1.93. The molecule has 0 unspecified atom stereocenters. The van der Waals surface area contributed by atoms with Gasteiger partial charge in [0.1, 0.15) is 5.69 Å². The van der Waals surface area contributed by atoms with Crippen molar-refractivity contribution in [1.82, 2.24) is 10.2 Å². The zero-order chi connectivity index (χ0) is 7.72. The van der Waals surface area contributed by atoms with Crippen LogP contribution in [0.25, 0.3) is 0 Å². The van der Waals surface area contributed by atoms with E-state index in [9.17, 15) is 4.39 Å². The first-order chi connectivity index (χ1) is 4.63. The molecule has 0 aromatic carbocycles. The SMILES string of the molecule is Nc1c(Cl)nnc(Cl)c1F. The van der Waals surface area contributed by atoms with Crippen molar-refractivity contribution in [1.29, 1.82) is 0 Å². The number of hydrogen-bond acceptors (Lipinski definition) is 3. The molecule has 0 saturated carbocycles. The minimum Gasteiger partial charge on any atom is -0.394 e. The lowest BCUT2D eigenvalue weighted by atomic mass is 10.5. The Morgan fingerprint density at radius 3 is 2.20 bits per heavy atom. The van der Waals surface area contributed by atoms with E-state index in [1.165, 1.54) is 0 Å². The number of halogens is 3. The minimum atomic E-state index is -0.832. The molecule has 0 aliphatic rings. The van der Waals surface area contributed by atoms with Gasteiger partial charge in [0.25, 0.3) is 0 Å². The number of nitrogen functional groups attached to an aromatic ring is 1. The summed E-state index contributed by atoms with van der Waals surface area (Å²) >= 11 is 10.5. The molecule has 2 N–H and O–H groups in total. The van der Waals surface area contributed by atoms with Crippen LogP contribution < -0.4 is 5.73 Å². The Hall–Kier alpha value is -0.610. The second kappa shape index (κ2) is 2.56. The predicted octanol–water partition coefficient (Wildman–Crippen LogP) is 1.50. The van der Waals surface area contributed by atoms with Crippen molar-refractivity contribution in [2.45, 2.75) is 0 Å². The summed E-state index contributed by atoms with van der Waals surface area (Å²) in [5, 5.41) is 5.87. The largest absolute Gasteiger partial charge is 0.394 e. The summed E-state index contributed by atoms with van der Waals surface area (Å²) in [6.07, 6.45) is 0. The van der Waals surface area contributed by atoms with Crippen LogP contribution in [0.4, 0.5) is 10.1 Å². The molecule has 0 atom stereocenters. The molecule has 0 radical (unpaired) electrons. The predicted molar refractivity (Wildman–Crippen MR) is 36.4 cm³/mol. The van der Waals surface area contributed by atoms with Crippen molar-refractivity contribution in [3.05, 3.63) is 16.1 Å². The van der Waals surface area contributed by atoms with Crippen molar-refractivity contribution in [3.63, 3.8) is 0 Å². The van der Waals surface area contributed by atoms with Gasteiger partial charge in [-0.05, 0) is 0 Å². The van der Waals surface area contributed by atoms with Crippen LogP contribution in [0.2, 0.25) is 10.3 Å². The fraction of sp³-hybridized carbons (Fsp3) is 0. The smallest absolute Gasteiger partial charge is 0.189 e. The Labute approximate surface area is 66.0 Å². The highest BCUT2D eigenvalue weighted by Gasteiger charge is 2.09. The van der Waals surface area contributed by atoms with E-state index < -0.39 is 5.82 Å². The van der Waals surface area contributed by atoms with Crippen molar-refractivity contribution in [3.8, 4) is 0 Å². The van der Waals surface area contributed by atoms with Crippen LogP contribution in [-0.4, -0.2) is 10.2 Å². The Bertz CT molecular complexity index is 238. The summed E-state index contributed by atoms with van der Waals surface area (Å²) < 4.78 is 12.5. The molecule has 0 bridgehead atoms. The fourth-order valence-corrected chi connectivity index (χ4v) is 0.648. The highest BCUT2D eigenvalue weighted by atomic mass is 35.5. The molecule has 0 spiro atoms. The second-order valence-corrected chi connectivity index (χ2v) is 2.23. The molecule has 54 valence electrons. The summed E-state index contributed by atoms with van der Waals surface area (Å²) in [6, 6.07) is 0. The van der Waals surface area contributed by atoms with Gasteiger partial charge >= 0.3 is 0 Å². The first kappa shape index (κ1) is 7.50. The van der Waals surface area contributed by atoms with E-state index in [4.69, 9.17) is 28.9 Å². The molecule has 0 aliphatic carbocycles. The van der Waals surface area contributed by atoms with Crippen LogP contribution in [0.1, 0.15) is 0 Å². The number of aromatic nitrogens is 2. The zero-order valence-electron chi connectivity index (χ0n) is 4.61. The summed E-state index contributed by atoms with van der Waals surface area (Å²) in [6.45, 7) is 0. The van der Waals surface area contributed by atoms with E-state index in [1.807, 2.05) is 0 Å². The number of rotatable bonds is 0. The van der Waals surface area contributed by atoms with E-state index in [1.54, 1.807) is 0 Å². The Morgan fingerprint density at radius 1 is 1.20 bits per heavy atom. The second-order valence-electron chi connectivity index (χ2n) is 1.51. The molecule has 6 heteroatoms. The number of nitrogens with two attached hydrogens (primary N) is 1. The molecule has 1 rings (SSSR count). The number of anilines is 1. The van der Waals surface area contributed by atoms with Gasteiger partial charge in [0.15, 0.2) is 16.1 Å². The van der Waals surface area contributed by atoms with Crippen molar-refractivity contribution in [2.75, 3.05) is 5.73 Å². The summed E-state index contributed by atoms with van der Waals surface area (Å²) in [7, 11) is 0. The number of nitrogens with zero attached hydrogens (tertiary/aromatic N) is 2. The molecule has 0 amide bonds. The highest BCUT2D eigenvalue weighted by molar-refractivity contribution is 6.33. The highest BCUT2D eigenvalue weighted by Crippen LogP contribution is 2.22. The third-order valence-corrected chi connectivity index (χ3v) is 1.39. The maximum atomic E-state index is 12.5. The van der Waals surface area contributed by atoms with Gasteiger partial charge in [-0.15, -0.1) is 10.2 Å². The van der Waals surface area contributed by atoms with Gasteiger partial charge in [-0.2, -0.15) is 0 Å². The van der Waals surface area contributed by atoms with Gasteiger partial charge in [0.05, 0.1) is 0 Å². The van der Waals surface area contributed by atoms with Crippen LogP contribution in [0.3, 0.4) is 0 Å². The van der Waals surface area contributed by atoms with Crippen molar-refractivity contribution >= 4 is 28.9 Å². The Kier molecular flexibility index (Phi) is 1.92.